The van der Waals surface area contributed by atoms with Crippen molar-refractivity contribution in [2.75, 3.05) is 57.4 Å². The van der Waals surface area contributed by atoms with Gasteiger partial charge in [0, 0.05) is 50.8 Å². The van der Waals surface area contributed by atoms with Gasteiger partial charge < -0.3 is 15.4 Å². The van der Waals surface area contributed by atoms with E-state index in [1.54, 1.807) is 22.9 Å². The van der Waals surface area contributed by atoms with Crippen LogP contribution in [0.5, 0.6) is 0 Å². The zero-order valence-electron chi connectivity index (χ0n) is 22.7. The van der Waals surface area contributed by atoms with Crippen molar-refractivity contribution in [3.63, 3.8) is 0 Å². The smallest absolute Gasteiger partial charge is 0.216 e. The summed E-state index contributed by atoms with van der Waals surface area (Å²) in [5.74, 6) is 0.191. The molecule has 3 rings (SSSR count). The lowest BCUT2D eigenvalue weighted by Crippen LogP contribution is -2.41. The molecule has 38 heavy (non-hydrogen) atoms. The first kappa shape index (κ1) is 30.3. The van der Waals surface area contributed by atoms with E-state index in [4.69, 9.17) is 15.7 Å². The zero-order chi connectivity index (χ0) is 27.1. The molecular formula is C27H45N7O3S. The topological polar surface area (TPSA) is 128 Å². The third-order valence-electron chi connectivity index (χ3n) is 7.52. The lowest BCUT2D eigenvalue weighted by Gasteiger charge is -2.29. The van der Waals surface area contributed by atoms with Gasteiger partial charge in [-0.05, 0) is 50.8 Å². The van der Waals surface area contributed by atoms with Crippen LogP contribution < -0.4 is 10.6 Å². The minimum atomic E-state index is -3.22. The van der Waals surface area contributed by atoms with Crippen molar-refractivity contribution in [3.8, 4) is 6.19 Å². The maximum atomic E-state index is 13.3. The summed E-state index contributed by atoms with van der Waals surface area (Å²) in [7, 11) is -3.22. The molecule has 0 amide bonds. The van der Waals surface area contributed by atoms with Gasteiger partial charge in [0.1, 0.15) is 0 Å². The highest BCUT2D eigenvalue weighted by molar-refractivity contribution is 7.89. The predicted octanol–water partition coefficient (Wildman–Crippen LogP) is 3.32. The molecule has 0 spiro atoms. The summed E-state index contributed by atoms with van der Waals surface area (Å²) in [6.45, 7) is 6.27. The number of nitriles is 1. The van der Waals surface area contributed by atoms with Crippen molar-refractivity contribution in [1.29, 1.82) is 5.26 Å². The van der Waals surface area contributed by atoms with Gasteiger partial charge in [0.15, 0.2) is 0 Å². The molecule has 1 aliphatic heterocycles. The van der Waals surface area contributed by atoms with Crippen LogP contribution >= 0.6 is 0 Å². The fourth-order valence-corrected chi connectivity index (χ4v) is 7.45. The van der Waals surface area contributed by atoms with Gasteiger partial charge in [0.2, 0.25) is 22.2 Å². The third kappa shape index (κ3) is 9.80. The number of guanidine groups is 1. The van der Waals surface area contributed by atoms with E-state index in [9.17, 15) is 8.42 Å². The van der Waals surface area contributed by atoms with Crippen molar-refractivity contribution >= 4 is 21.7 Å². The molecule has 0 atom stereocenters. The first-order chi connectivity index (χ1) is 18.5. The Bertz CT molecular complexity index is 972. The van der Waals surface area contributed by atoms with Crippen LogP contribution in [0.3, 0.4) is 0 Å². The molecule has 1 aromatic heterocycles. The SMILES string of the molecule is N#CN=C(N)N(CCCCCCCCN(CCCN1CCOCC1)S(=O)(=O)C1CCCC1)c1ccncc1. The van der Waals surface area contributed by atoms with E-state index in [2.05, 4.69) is 14.9 Å². The number of sulfonamides is 1. The second-order valence-corrected chi connectivity index (χ2v) is 12.4. The fourth-order valence-electron chi connectivity index (χ4n) is 5.34. The maximum Gasteiger partial charge on any atom is 0.216 e. The first-order valence-electron chi connectivity index (χ1n) is 14.2. The molecule has 2 heterocycles. The van der Waals surface area contributed by atoms with Gasteiger partial charge in [0.05, 0.1) is 18.5 Å². The van der Waals surface area contributed by atoms with Gasteiger partial charge in [0.25, 0.3) is 0 Å². The van der Waals surface area contributed by atoms with Crippen LogP contribution in [0.25, 0.3) is 0 Å². The van der Waals surface area contributed by atoms with Crippen LogP contribution in [0, 0.1) is 11.5 Å². The molecule has 0 unspecified atom stereocenters. The molecule has 2 N–H and O–H groups in total. The summed E-state index contributed by atoms with van der Waals surface area (Å²) in [5, 5.41) is 8.69. The molecule has 212 valence electrons. The quantitative estimate of drug-likeness (QED) is 0.144. The molecule has 1 saturated carbocycles. The molecule has 0 bridgehead atoms. The summed E-state index contributed by atoms with van der Waals surface area (Å²) in [5.41, 5.74) is 6.87. The van der Waals surface area contributed by atoms with Crippen LogP contribution in [0.1, 0.15) is 70.6 Å². The summed E-state index contributed by atoms with van der Waals surface area (Å²) >= 11 is 0. The Balaban J connectivity index is 1.38. The molecule has 11 heteroatoms. The second-order valence-electron chi connectivity index (χ2n) is 10.2. The highest BCUT2D eigenvalue weighted by Crippen LogP contribution is 2.27. The number of unbranched alkanes of at least 4 members (excludes halogenated alkanes) is 5. The van der Waals surface area contributed by atoms with Crippen LogP contribution in [0.2, 0.25) is 0 Å². The van der Waals surface area contributed by atoms with Gasteiger partial charge in [-0.15, -0.1) is 4.99 Å². The Hall–Kier alpha value is -2.26. The number of pyridine rings is 1. The monoisotopic (exact) mass is 547 g/mol. The minimum Gasteiger partial charge on any atom is -0.379 e. The lowest BCUT2D eigenvalue weighted by atomic mass is 10.1. The van der Waals surface area contributed by atoms with Gasteiger partial charge >= 0.3 is 0 Å². The van der Waals surface area contributed by atoms with Crippen LogP contribution in [-0.4, -0.2) is 86.3 Å². The Morgan fingerprint density at radius 3 is 2.29 bits per heavy atom. The van der Waals surface area contributed by atoms with Crippen molar-refractivity contribution in [3.05, 3.63) is 24.5 Å². The fraction of sp³-hybridized carbons (Fsp3) is 0.741. The van der Waals surface area contributed by atoms with Crippen molar-refractivity contribution in [2.45, 2.75) is 75.9 Å². The van der Waals surface area contributed by atoms with Gasteiger partial charge in [-0.25, -0.2) is 12.7 Å². The number of hydrogen-bond acceptors (Lipinski definition) is 7. The standard InChI is InChI=1S/C27H45N7O3S/c28-24-31-27(29)34(25-12-14-30-15-13-25)19-8-4-2-1-3-7-17-33(38(35,36)26-10-5-6-11-26)18-9-16-32-20-22-37-23-21-32/h12-15,26H,1-11,16-23H2,(H2,29,31). The Labute approximate surface area is 228 Å². The molecule has 0 radical (unpaired) electrons. The molecule has 2 fully saturated rings. The van der Waals surface area contributed by atoms with Crippen molar-refractivity contribution in [1.82, 2.24) is 14.2 Å². The number of nitrogens with two attached hydrogens (primary N) is 1. The average molecular weight is 548 g/mol. The minimum absolute atomic E-state index is 0.189. The summed E-state index contributed by atoms with van der Waals surface area (Å²) in [6, 6.07) is 3.71. The molecule has 1 aliphatic carbocycles. The highest BCUT2D eigenvalue weighted by Gasteiger charge is 2.33. The van der Waals surface area contributed by atoms with Crippen LogP contribution in [0.15, 0.2) is 29.5 Å². The molecule has 1 aromatic rings. The normalized spacial score (nSPS) is 17.6. The molecule has 0 aromatic carbocycles. The van der Waals surface area contributed by atoms with Gasteiger partial charge in [-0.2, -0.15) is 5.26 Å². The number of anilines is 1. The van der Waals surface area contributed by atoms with Crippen LogP contribution in [0.4, 0.5) is 5.69 Å². The highest BCUT2D eigenvalue weighted by atomic mass is 32.2. The summed E-state index contributed by atoms with van der Waals surface area (Å²) in [4.78, 5) is 12.0. The largest absolute Gasteiger partial charge is 0.379 e. The number of ether oxygens (including phenoxy) is 1. The maximum absolute atomic E-state index is 13.3. The van der Waals surface area contributed by atoms with E-state index in [0.29, 0.717) is 19.6 Å². The Kier molecular flexibility index (Phi) is 13.3. The number of hydrogen-bond donors (Lipinski definition) is 1. The zero-order valence-corrected chi connectivity index (χ0v) is 23.5. The number of nitrogens with zero attached hydrogens (tertiary/aromatic N) is 6. The molecule has 1 saturated heterocycles. The number of morpholine rings is 1. The van der Waals surface area contributed by atoms with E-state index in [1.165, 1.54) is 0 Å². The molecule has 2 aliphatic rings. The lowest BCUT2D eigenvalue weighted by molar-refractivity contribution is 0.0369. The molecule has 10 nitrogen and oxygen atoms in total. The van der Waals surface area contributed by atoms with E-state index < -0.39 is 10.0 Å². The Morgan fingerprint density at radius 2 is 1.63 bits per heavy atom. The number of aliphatic imine (C=N–C) groups is 1. The van der Waals surface area contributed by atoms with E-state index >= 15 is 0 Å². The summed E-state index contributed by atoms with van der Waals surface area (Å²) in [6.07, 6.45) is 15.7. The van der Waals surface area contributed by atoms with Crippen LogP contribution in [-0.2, 0) is 14.8 Å². The number of rotatable bonds is 16. The van der Waals surface area contributed by atoms with E-state index in [1.807, 2.05) is 17.0 Å². The Morgan fingerprint density at radius 1 is 1.03 bits per heavy atom. The van der Waals surface area contributed by atoms with E-state index in [0.717, 1.165) is 109 Å². The number of aromatic nitrogens is 1. The van der Waals surface area contributed by atoms with Gasteiger partial charge in [-0.1, -0.05) is 38.5 Å². The van der Waals surface area contributed by atoms with Crippen molar-refractivity contribution < 1.29 is 13.2 Å². The summed E-state index contributed by atoms with van der Waals surface area (Å²) < 4.78 is 33.9. The second kappa shape index (κ2) is 16.6. The predicted molar refractivity (Wildman–Crippen MR) is 151 cm³/mol. The van der Waals surface area contributed by atoms with E-state index in [-0.39, 0.29) is 11.2 Å². The third-order valence-corrected chi connectivity index (χ3v) is 9.92. The average Bonchev–Trinajstić information content (AvgIpc) is 3.48. The van der Waals surface area contributed by atoms with Gasteiger partial charge in [-0.3, -0.25) is 9.88 Å². The molecular weight excluding hydrogens is 502 g/mol. The first-order valence-corrected chi connectivity index (χ1v) is 15.7. The van der Waals surface area contributed by atoms with Crippen molar-refractivity contribution in [2.24, 2.45) is 10.7 Å².